The summed E-state index contributed by atoms with van der Waals surface area (Å²) in [6.45, 7) is 8.12. The van der Waals surface area contributed by atoms with Gasteiger partial charge in [-0.15, -0.1) is 4.99 Å². The van der Waals surface area contributed by atoms with E-state index in [1.807, 2.05) is 0 Å². The first-order chi connectivity index (χ1) is 11.2. The molecule has 6 heteroatoms. The SMILES string of the molecule is CCCCC(CC)COC(=NC(=O)OCC)SC1CCCCN1. The smallest absolute Gasteiger partial charge is 0.437 e. The Bertz CT molecular complexity index is 358. The molecule has 0 aromatic heterocycles. The first-order valence-corrected chi connectivity index (χ1v) is 9.85. The van der Waals surface area contributed by atoms with E-state index in [0.717, 1.165) is 25.8 Å². The lowest BCUT2D eigenvalue weighted by Crippen LogP contribution is -2.32. The van der Waals surface area contributed by atoms with Gasteiger partial charge in [0.2, 0.25) is 0 Å². The highest BCUT2D eigenvalue weighted by atomic mass is 32.2. The topological polar surface area (TPSA) is 59.9 Å². The van der Waals surface area contributed by atoms with Gasteiger partial charge in [0.05, 0.1) is 18.6 Å². The highest BCUT2D eigenvalue weighted by molar-refractivity contribution is 8.14. The third-order valence-electron chi connectivity index (χ3n) is 3.94. The number of amides is 1. The van der Waals surface area contributed by atoms with Gasteiger partial charge in [-0.3, -0.25) is 0 Å². The standard InChI is InChI=1S/C17H32N2O3S/c1-4-7-10-14(5-2)13-22-17(19-16(20)21-6-3)23-15-11-8-9-12-18-15/h14-15,18H,4-13H2,1-3H3. The van der Waals surface area contributed by atoms with Crippen molar-refractivity contribution in [3.8, 4) is 0 Å². The molecule has 1 N–H and O–H groups in total. The molecule has 1 amide bonds. The lowest BCUT2D eigenvalue weighted by Gasteiger charge is -2.24. The Morgan fingerprint density at radius 1 is 1.30 bits per heavy atom. The molecule has 1 fully saturated rings. The Hall–Kier alpha value is -0.750. The zero-order valence-electron chi connectivity index (χ0n) is 14.8. The molecule has 1 aliphatic rings. The van der Waals surface area contributed by atoms with Gasteiger partial charge in [-0.2, -0.15) is 0 Å². The van der Waals surface area contributed by atoms with Gasteiger partial charge in [0.15, 0.2) is 0 Å². The molecule has 5 nitrogen and oxygen atoms in total. The number of carbonyl (C=O) groups excluding carboxylic acids is 1. The Labute approximate surface area is 145 Å². The van der Waals surface area contributed by atoms with Crippen LogP contribution in [0.15, 0.2) is 4.99 Å². The van der Waals surface area contributed by atoms with Crippen LogP contribution in [0.1, 0.15) is 65.7 Å². The number of carbonyl (C=O) groups is 1. The zero-order chi connectivity index (χ0) is 16.9. The van der Waals surface area contributed by atoms with Crippen LogP contribution in [0.25, 0.3) is 0 Å². The number of aliphatic imine (C=N–C) groups is 1. The maximum absolute atomic E-state index is 11.7. The van der Waals surface area contributed by atoms with E-state index in [0.29, 0.717) is 24.4 Å². The summed E-state index contributed by atoms with van der Waals surface area (Å²) in [5, 5.41) is 4.15. The minimum Gasteiger partial charge on any atom is -0.472 e. The fourth-order valence-corrected chi connectivity index (χ4v) is 3.44. The van der Waals surface area contributed by atoms with Crippen molar-refractivity contribution in [2.45, 2.75) is 71.1 Å². The van der Waals surface area contributed by atoms with Crippen molar-refractivity contribution in [2.75, 3.05) is 19.8 Å². The maximum atomic E-state index is 11.7. The number of piperidine rings is 1. The molecule has 23 heavy (non-hydrogen) atoms. The first-order valence-electron chi connectivity index (χ1n) is 8.97. The molecule has 1 rings (SSSR count). The number of thioether (sulfide) groups is 1. The summed E-state index contributed by atoms with van der Waals surface area (Å²) in [6.07, 6.45) is 7.56. The minimum absolute atomic E-state index is 0.271. The highest BCUT2D eigenvalue weighted by Gasteiger charge is 2.19. The van der Waals surface area contributed by atoms with Crippen molar-refractivity contribution in [3.63, 3.8) is 0 Å². The molecule has 0 saturated carbocycles. The number of hydrogen-bond donors (Lipinski definition) is 1. The lowest BCUT2D eigenvalue weighted by atomic mass is 10.0. The van der Waals surface area contributed by atoms with Crippen LogP contribution in [-0.4, -0.2) is 36.5 Å². The molecule has 2 unspecified atom stereocenters. The number of ether oxygens (including phenoxy) is 2. The Morgan fingerprint density at radius 3 is 2.74 bits per heavy atom. The molecule has 0 aliphatic carbocycles. The number of unbranched alkanes of at least 4 members (excludes halogenated alkanes) is 1. The Kier molecular flexibility index (Phi) is 11.2. The molecule has 1 saturated heterocycles. The predicted molar refractivity (Wildman–Crippen MR) is 96.9 cm³/mol. The molecule has 0 radical (unpaired) electrons. The molecule has 0 bridgehead atoms. The number of rotatable bonds is 8. The minimum atomic E-state index is -0.563. The quantitative estimate of drug-likeness (QED) is 0.516. The second kappa shape index (κ2) is 12.6. The van der Waals surface area contributed by atoms with Gasteiger partial charge in [-0.05, 0) is 56.8 Å². The van der Waals surface area contributed by atoms with Crippen LogP contribution in [0.5, 0.6) is 0 Å². The van der Waals surface area contributed by atoms with E-state index >= 15 is 0 Å². The molecular weight excluding hydrogens is 312 g/mol. The van der Waals surface area contributed by atoms with Crippen LogP contribution in [0, 0.1) is 5.92 Å². The second-order valence-corrected chi connectivity index (χ2v) is 7.01. The van der Waals surface area contributed by atoms with E-state index in [4.69, 9.17) is 9.47 Å². The molecule has 134 valence electrons. The highest BCUT2D eigenvalue weighted by Crippen LogP contribution is 2.22. The van der Waals surface area contributed by atoms with Crippen molar-refractivity contribution in [1.29, 1.82) is 0 Å². The fraction of sp³-hybridized carbons (Fsp3) is 0.882. The van der Waals surface area contributed by atoms with Crippen LogP contribution >= 0.6 is 11.8 Å². The molecule has 2 atom stereocenters. The summed E-state index contributed by atoms with van der Waals surface area (Å²) >= 11 is 1.51. The van der Waals surface area contributed by atoms with Gasteiger partial charge < -0.3 is 14.8 Å². The van der Waals surface area contributed by atoms with E-state index in [1.54, 1.807) is 6.92 Å². The van der Waals surface area contributed by atoms with Crippen molar-refractivity contribution in [2.24, 2.45) is 10.9 Å². The van der Waals surface area contributed by atoms with E-state index in [2.05, 4.69) is 24.2 Å². The maximum Gasteiger partial charge on any atom is 0.437 e. The van der Waals surface area contributed by atoms with Crippen LogP contribution in [-0.2, 0) is 9.47 Å². The summed E-state index contributed by atoms with van der Waals surface area (Å²) in [7, 11) is 0. The van der Waals surface area contributed by atoms with Gasteiger partial charge in [0.1, 0.15) is 0 Å². The van der Waals surface area contributed by atoms with Crippen LogP contribution in [0.2, 0.25) is 0 Å². The summed E-state index contributed by atoms with van der Waals surface area (Å²) in [6, 6.07) is 0. The molecular formula is C17H32N2O3S. The van der Waals surface area contributed by atoms with Crippen molar-refractivity contribution < 1.29 is 14.3 Å². The molecule has 0 spiro atoms. The number of hydrogen-bond acceptors (Lipinski definition) is 5. The van der Waals surface area contributed by atoms with E-state index in [-0.39, 0.29) is 5.37 Å². The second-order valence-electron chi connectivity index (χ2n) is 5.86. The number of nitrogens with zero attached hydrogens (tertiary/aromatic N) is 1. The fourth-order valence-electron chi connectivity index (χ4n) is 2.45. The lowest BCUT2D eigenvalue weighted by molar-refractivity contribution is 0.161. The molecule has 1 aliphatic heterocycles. The summed E-state index contributed by atoms with van der Waals surface area (Å²) in [5.41, 5.74) is 0. The zero-order valence-corrected chi connectivity index (χ0v) is 15.6. The number of nitrogens with one attached hydrogen (secondary N) is 1. The molecule has 0 aromatic carbocycles. The van der Waals surface area contributed by atoms with Crippen LogP contribution < -0.4 is 5.32 Å². The van der Waals surface area contributed by atoms with Crippen LogP contribution in [0.3, 0.4) is 0 Å². The summed E-state index contributed by atoms with van der Waals surface area (Å²) < 4.78 is 10.8. The van der Waals surface area contributed by atoms with E-state index in [1.165, 1.54) is 37.4 Å². The molecule has 1 heterocycles. The average Bonchev–Trinajstić information content (AvgIpc) is 2.56. The summed E-state index contributed by atoms with van der Waals surface area (Å²) in [5.74, 6) is 0.516. The van der Waals surface area contributed by atoms with Gasteiger partial charge in [0, 0.05) is 0 Å². The predicted octanol–water partition coefficient (Wildman–Crippen LogP) is 4.56. The monoisotopic (exact) mass is 344 g/mol. The normalized spacial score (nSPS) is 20.1. The van der Waals surface area contributed by atoms with E-state index < -0.39 is 6.09 Å². The Balaban J connectivity index is 2.56. The third kappa shape index (κ3) is 9.20. The van der Waals surface area contributed by atoms with Gasteiger partial charge in [-0.25, -0.2) is 4.79 Å². The summed E-state index contributed by atoms with van der Waals surface area (Å²) in [4.78, 5) is 15.7. The van der Waals surface area contributed by atoms with Gasteiger partial charge in [0.25, 0.3) is 5.23 Å². The van der Waals surface area contributed by atoms with E-state index in [9.17, 15) is 4.79 Å². The van der Waals surface area contributed by atoms with Crippen molar-refractivity contribution in [3.05, 3.63) is 0 Å². The van der Waals surface area contributed by atoms with Crippen molar-refractivity contribution >= 4 is 23.1 Å². The largest absolute Gasteiger partial charge is 0.472 e. The van der Waals surface area contributed by atoms with Gasteiger partial charge in [-0.1, -0.05) is 33.1 Å². The van der Waals surface area contributed by atoms with Crippen molar-refractivity contribution in [1.82, 2.24) is 5.32 Å². The first kappa shape index (κ1) is 20.3. The van der Waals surface area contributed by atoms with Gasteiger partial charge >= 0.3 is 6.09 Å². The molecule has 0 aromatic rings. The Morgan fingerprint density at radius 2 is 2.13 bits per heavy atom. The third-order valence-corrected chi connectivity index (χ3v) is 5.04. The van der Waals surface area contributed by atoms with Crippen LogP contribution in [0.4, 0.5) is 4.79 Å². The average molecular weight is 345 g/mol.